The van der Waals surface area contributed by atoms with Crippen LogP contribution < -0.4 is 21.7 Å². The van der Waals surface area contributed by atoms with Gasteiger partial charge in [-0.05, 0) is 125 Å². The van der Waals surface area contributed by atoms with Crippen LogP contribution >= 0.6 is 0 Å². The van der Waals surface area contributed by atoms with Gasteiger partial charge in [0, 0.05) is 58.0 Å². The lowest BCUT2D eigenvalue weighted by atomic mass is 9.46. The summed E-state index contributed by atoms with van der Waals surface area (Å²) < 4.78 is 5.94. The van der Waals surface area contributed by atoms with Crippen molar-refractivity contribution in [2.75, 3.05) is 32.7 Å². The van der Waals surface area contributed by atoms with Crippen molar-refractivity contribution < 1.29 is 23.9 Å². The molecule has 10 heteroatoms. The van der Waals surface area contributed by atoms with Crippen molar-refractivity contribution >= 4 is 23.8 Å². The van der Waals surface area contributed by atoms with E-state index in [0.29, 0.717) is 24.9 Å². The molecule has 54 heavy (non-hydrogen) atoms. The van der Waals surface area contributed by atoms with Crippen molar-refractivity contribution in [3.05, 3.63) is 11.6 Å². The number of fused-ring (bicyclic) bond motifs is 5. The lowest BCUT2D eigenvalue weighted by Crippen LogP contribution is -2.53. The predicted molar refractivity (Wildman–Crippen MR) is 216 cm³/mol. The number of hydrogen-bond donors (Lipinski definition) is 4. The van der Waals surface area contributed by atoms with Crippen LogP contribution in [0.4, 0.5) is 4.79 Å². The molecule has 0 bridgehead atoms. The Kier molecular flexibility index (Phi) is 15.9. The Morgan fingerprint density at radius 1 is 0.852 bits per heavy atom. The van der Waals surface area contributed by atoms with E-state index in [1.54, 1.807) is 5.57 Å². The summed E-state index contributed by atoms with van der Waals surface area (Å²) in [5, 5.41) is 8.33. The Labute approximate surface area is 327 Å². The molecule has 4 aliphatic carbocycles. The molecule has 0 aliphatic heterocycles. The highest BCUT2D eigenvalue weighted by atomic mass is 16.6. The number of ether oxygens (including phenoxy) is 1. The molecule has 0 aromatic heterocycles. The normalized spacial score (nSPS) is 29.6. The summed E-state index contributed by atoms with van der Waals surface area (Å²) in [6.07, 6.45) is 17.2. The molecule has 4 amide bonds. The van der Waals surface area contributed by atoms with E-state index in [0.717, 1.165) is 54.8 Å². The van der Waals surface area contributed by atoms with Crippen molar-refractivity contribution in [3.63, 3.8) is 0 Å². The van der Waals surface area contributed by atoms with Crippen molar-refractivity contribution in [2.45, 2.75) is 163 Å². The van der Waals surface area contributed by atoms with Gasteiger partial charge in [-0.15, -0.1) is 0 Å². The number of amides is 4. The standard InChI is InChI=1S/C44H77N5O5/c1-30(2)11-9-12-31(3)35-15-16-36-34-14-13-32-29-33(17-22-43(32,7)37(34)18-23-44(35,36)8)49(41(53)54-42(4,5)6)28-10-25-46-39(51)20-27-48-40(52)21-26-47-38(50)19-24-45/h13,30-31,33-37H,9-12,14-29,45H2,1-8H3,(H,46,51)(H,47,50)(H,48,52)/t31-,33+,34+,35?,36+,37?,43?,44?/m1/s1. The van der Waals surface area contributed by atoms with Crippen LogP contribution in [-0.4, -0.2) is 73.1 Å². The summed E-state index contributed by atoms with van der Waals surface area (Å²) >= 11 is 0. The summed E-state index contributed by atoms with van der Waals surface area (Å²) in [6.45, 7) is 19.9. The third kappa shape index (κ3) is 11.5. The number of nitrogens with two attached hydrogens (primary N) is 1. The molecule has 3 fully saturated rings. The molecule has 308 valence electrons. The molecule has 4 rings (SSSR count). The van der Waals surface area contributed by atoms with E-state index in [9.17, 15) is 19.2 Å². The Bertz CT molecular complexity index is 1310. The lowest BCUT2D eigenvalue weighted by molar-refractivity contribution is -0.122. The van der Waals surface area contributed by atoms with Crippen molar-refractivity contribution in [3.8, 4) is 0 Å². The molecular weight excluding hydrogens is 679 g/mol. The molecule has 5 N–H and O–H groups in total. The van der Waals surface area contributed by atoms with Crippen molar-refractivity contribution in [2.24, 2.45) is 52.1 Å². The zero-order chi connectivity index (χ0) is 39.7. The van der Waals surface area contributed by atoms with Crippen LogP contribution in [0.15, 0.2) is 11.6 Å². The van der Waals surface area contributed by atoms with Gasteiger partial charge in [0.25, 0.3) is 0 Å². The first kappa shape index (κ1) is 44.1. The largest absolute Gasteiger partial charge is 0.444 e. The van der Waals surface area contributed by atoms with Crippen LogP contribution in [-0.2, 0) is 19.1 Å². The highest BCUT2D eigenvalue weighted by molar-refractivity contribution is 5.80. The minimum atomic E-state index is -0.593. The number of allylic oxidation sites excluding steroid dienone is 1. The molecule has 8 atom stereocenters. The van der Waals surface area contributed by atoms with Crippen LogP contribution in [0, 0.1) is 46.3 Å². The number of carbonyl (C=O) groups is 4. The van der Waals surface area contributed by atoms with Gasteiger partial charge in [0.15, 0.2) is 0 Å². The number of nitrogens with zero attached hydrogens (tertiary/aromatic N) is 1. The minimum absolute atomic E-state index is 0.0816. The van der Waals surface area contributed by atoms with E-state index in [2.05, 4.69) is 56.6 Å². The van der Waals surface area contributed by atoms with Crippen molar-refractivity contribution in [1.29, 1.82) is 0 Å². The van der Waals surface area contributed by atoms with Gasteiger partial charge in [0.1, 0.15) is 5.60 Å². The highest BCUT2D eigenvalue weighted by Crippen LogP contribution is 2.67. The smallest absolute Gasteiger partial charge is 0.410 e. The van der Waals surface area contributed by atoms with Gasteiger partial charge in [-0.3, -0.25) is 14.4 Å². The maximum atomic E-state index is 13.7. The first-order chi connectivity index (χ1) is 25.5. The van der Waals surface area contributed by atoms with Crippen LogP contribution in [0.3, 0.4) is 0 Å². The number of carbonyl (C=O) groups excluding carboxylic acids is 4. The molecular formula is C44H77N5O5. The maximum Gasteiger partial charge on any atom is 0.410 e. The summed E-state index contributed by atoms with van der Waals surface area (Å²) in [7, 11) is 0. The van der Waals surface area contributed by atoms with Crippen LogP contribution in [0.25, 0.3) is 0 Å². The van der Waals surface area contributed by atoms with E-state index in [4.69, 9.17) is 10.5 Å². The first-order valence-electron chi connectivity index (χ1n) is 21.7. The van der Waals surface area contributed by atoms with Crippen LogP contribution in [0.2, 0.25) is 0 Å². The molecule has 3 saturated carbocycles. The number of rotatable bonds is 18. The Morgan fingerprint density at radius 2 is 1.50 bits per heavy atom. The quantitative estimate of drug-likeness (QED) is 0.0843. The first-order valence-corrected chi connectivity index (χ1v) is 21.7. The van der Waals surface area contributed by atoms with Crippen LogP contribution in [0.1, 0.15) is 152 Å². The minimum Gasteiger partial charge on any atom is -0.444 e. The van der Waals surface area contributed by atoms with E-state index in [1.807, 2.05) is 25.7 Å². The average Bonchev–Trinajstić information content (AvgIpc) is 3.44. The van der Waals surface area contributed by atoms with E-state index >= 15 is 0 Å². The fraction of sp³-hybridized carbons (Fsp3) is 0.864. The molecule has 0 aromatic rings. The zero-order valence-corrected chi connectivity index (χ0v) is 35.3. The molecule has 0 saturated heterocycles. The number of nitrogens with one attached hydrogen (secondary N) is 3. The summed E-state index contributed by atoms with van der Waals surface area (Å²) in [4.78, 5) is 51.7. The molecule has 10 nitrogen and oxygen atoms in total. The van der Waals surface area contributed by atoms with Gasteiger partial charge in [0.05, 0.1) is 0 Å². The average molecular weight is 756 g/mol. The van der Waals surface area contributed by atoms with Crippen LogP contribution in [0.5, 0.6) is 0 Å². The molecule has 0 spiro atoms. The zero-order valence-electron chi connectivity index (χ0n) is 35.3. The molecule has 0 heterocycles. The third-order valence-corrected chi connectivity index (χ3v) is 14.0. The fourth-order valence-corrected chi connectivity index (χ4v) is 11.2. The second-order valence-electron chi connectivity index (χ2n) is 19.3. The van der Waals surface area contributed by atoms with Gasteiger partial charge < -0.3 is 31.3 Å². The Balaban J connectivity index is 1.30. The second-order valence-corrected chi connectivity index (χ2v) is 19.3. The lowest BCUT2D eigenvalue weighted by Gasteiger charge is -2.59. The summed E-state index contributed by atoms with van der Waals surface area (Å²) in [5.41, 5.74) is 6.99. The van der Waals surface area contributed by atoms with Crippen molar-refractivity contribution in [1.82, 2.24) is 20.9 Å². The third-order valence-electron chi connectivity index (χ3n) is 14.0. The monoisotopic (exact) mass is 756 g/mol. The molecule has 4 aliphatic rings. The molecule has 4 unspecified atom stereocenters. The summed E-state index contributed by atoms with van der Waals surface area (Å²) in [5.74, 6) is 4.24. The van der Waals surface area contributed by atoms with Gasteiger partial charge in [-0.2, -0.15) is 0 Å². The summed E-state index contributed by atoms with van der Waals surface area (Å²) in [6, 6.07) is 0.0816. The Morgan fingerprint density at radius 3 is 2.13 bits per heavy atom. The van der Waals surface area contributed by atoms with E-state index in [-0.39, 0.29) is 74.2 Å². The fourth-order valence-electron chi connectivity index (χ4n) is 11.2. The molecule has 0 radical (unpaired) electrons. The highest BCUT2D eigenvalue weighted by Gasteiger charge is 2.59. The molecule has 0 aromatic carbocycles. The number of hydrogen-bond acceptors (Lipinski definition) is 6. The predicted octanol–water partition coefficient (Wildman–Crippen LogP) is 7.50. The topological polar surface area (TPSA) is 143 Å². The van der Waals surface area contributed by atoms with Gasteiger partial charge in [0.2, 0.25) is 17.7 Å². The second kappa shape index (κ2) is 19.5. The van der Waals surface area contributed by atoms with E-state index < -0.39 is 5.60 Å². The Hall–Kier alpha value is -2.62. The van der Waals surface area contributed by atoms with Gasteiger partial charge in [-0.25, -0.2) is 4.79 Å². The SMILES string of the molecule is CC(C)CCC[C@@H](C)C1CC[C@H]2[C@@H]3CC=C4C[C@@H](N(CCCNC(=O)CCNC(=O)CCNC(=O)CCN)C(=O)OC(C)(C)C)CCC4(C)C3CCC12C. The maximum absolute atomic E-state index is 13.7. The van der Waals surface area contributed by atoms with Gasteiger partial charge in [-0.1, -0.05) is 65.5 Å². The van der Waals surface area contributed by atoms with E-state index in [1.165, 1.54) is 51.4 Å². The van der Waals surface area contributed by atoms with Gasteiger partial charge >= 0.3 is 6.09 Å².